The number of nitrogens with zero attached hydrogens (tertiary/aromatic N) is 3. The van der Waals surface area contributed by atoms with Gasteiger partial charge in [0.1, 0.15) is 17.2 Å². The molecule has 0 radical (unpaired) electrons. The van der Waals surface area contributed by atoms with E-state index in [0.29, 0.717) is 10.3 Å². The fourth-order valence-electron chi connectivity index (χ4n) is 2.92. The van der Waals surface area contributed by atoms with E-state index in [2.05, 4.69) is 10.1 Å². The fraction of sp³-hybridized carbons (Fsp3) is 0.143. The van der Waals surface area contributed by atoms with Crippen molar-refractivity contribution >= 4 is 22.4 Å². The molecule has 2 aromatic heterocycles. The Morgan fingerprint density at radius 3 is 2.52 bits per heavy atom. The van der Waals surface area contributed by atoms with Gasteiger partial charge in [-0.3, -0.25) is 9.59 Å². The number of rotatable bonds is 5. The van der Waals surface area contributed by atoms with Crippen molar-refractivity contribution in [2.45, 2.75) is 6.42 Å². The molecular formula is C21H17N3O4S. The zero-order valence-electron chi connectivity index (χ0n) is 15.8. The van der Waals surface area contributed by atoms with Crippen molar-refractivity contribution < 1.29 is 9.47 Å². The Kier molecular flexibility index (Phi) is 5.09. The number of fused-ring (bicyclic) bond motifs is 1. The molecule has 0 N–H and O–H groups in total. The van der Waals surface area contributed by atoms with E-state index in [9.17, 15) is 9.59 Å². The zero-order valence-corrected chi connectivity index (χ0v) is 16.6. The lowest BCUT2D eigenvalue weighted by Crippen LogP contribution is -2.28. The maximum atomic E-state index is 12.8. The van der Waals surface area contributed by atoms with Crippen molar-refractivity contribution in [3.8, 4) is 11.5 Å². The van der Waals surface area contributed by atoms with Crippen LogP contribution in [0.15, 0.2) is 58.1 Å². The second-order valence-corrected chi connectivity index (χ2v) is 7.25. The number of methoxy groups -OCH3 is 2. The molecule has 0 unspecified atom stereocenters. The first-order valence-corrected chi connectivity index (χ1v) is 9.61. The summed E-state index contributed by atoms with van der Waals surface area (Å²) >= 11 is 1.12. The summed E-state index contributed by atoms with van der Waals surface area (Å²) in [7, 11) is 3.16. The van der Waals surface area contributed by atoms with Gasteiger partial charge in [0.25, 0.3) is 11.1 Å². The first kappa shape index (κ1) is 18.8. The summed E-state index contributed by atoms with van der Waals surface area (Å²) < 4.78 is 12.1. The zero-order chi connectivity index (χ0) is 20.4. The molecule has 0 saturated carbocycles. The summed E-state index contributed by atoms with van der Waals surface area (Å²) in [6, 6.07) is 14.7. The second-order valence-electron chi connectivity index (χ2n) is 6.24. The molecule has 0 bridgehead atoms. The minimum absolute atomic E-state index is 0.214. The summed E-state index contributed by atoms with van der Waals surface area (Å²) in [4.78, 5) is 29.5. The lowest BCUT2D eigenvalue weighted by Gasteiger charge is -2.02. The molecule has 29 heavy (non-hydrogen) atoms. The van der Waals surface area contributed by atoms with Crippen LogP contribution in [0.4, 0.5) is 0 Å². The maximum Gasteiger partial charge on any atom is 0.296 e. The van der Waals surface area contributed by atoms with E-state index < -0.39 is 5.56 Å². The number of ether oxygens (including phenoxy) is 2. The molecule has 0 atom stereocenters. The molecule has 8 heteroatoms. The largest absolute Gasteiger partial charge is 0.497 e. The van der Waals surface area contributed by atoms with Gasteiger partial charge < -0.3 is 9.47 Å². The summed E-state index contributed by atoms with van der Waals surface area (Å²) in [5.74, 6) is 1.38. The molecule has 0 aliphatic heterocycles. The number of benzene rings is 2. The van der Waals surface area contributed by atoms with Gasteiger partial charge in [-0.15, -0.1) is 0 Å². The van der Waals surface area contributed by atoms with Gasteiger partial charge in [-0.25, -0.2) is 0 Å². The standard InChI is InChI=1S/C21H17N3O4S/c1-27-15-9-7-13(8-10-15)11-16-19(25)22-21-24(23-16)20(26)18(29-21)12-14-5-3-4-6-17(14)28-2/h3-10,12H,11H2,1-2H3/b18-12-. The van der Waals surface area contributed by atoms with Crippen LogP contribution in [0, 0.1) is 0 Å². The average molecular weight is 407 g/mol. The topological polar surface area (TPSA) is 82.8 Å². The van der Waals surface area contributed by atoms with E-state index >= 15 is 0 Å². The summed E-state index contributed by atoms with van der Waals surface area (Å²) in [6.07, 6.45) is 2.00. The van der Waals surface area contributed by atoms with Crippen molar-refractivity contribution in [2.24, 2.45) is 0 Å². The molecule has 0 aliphatic rings. The third kappa shape index (κ3) is 3.74. The van der Waals surface area contributed by atoms with E-state index in [4.69, 9.17) is 9.47 Å². The minimum atomic E-state index is -0.439. The molecular weight excluding hydrogens is 390 g/mol. The Bertz CT molecular complexity index is 1340. The Morgan fingerprint density at radius 1 is 1.03 bits per heavy atom. The van der Waals surface area contributed by atoms with Crippen molar-refractivity contribution in [3.63, 3.8) is 0 Å². The summed E-state index contributed by atoms with van der Waals surface area (Å²) in [5.41, 5.74) is 1.09. The predicted octanol–water partition coefficient (Wildman–Crippen LogP) is 1.67. The number of para-hydroxylation sites is 1. The second kappa shape index (κ2) is 7.84. The van der Waals surface area contributed by atoms with Crippen LogP contribution in [0.5, 0.6) is 11.5 Å². The van der Waals surface area contributed by atoms with Gasteiger partial charge in [0.15, 0.2) is 0 Å². The van der Waals surface area contributed by atoms with Gasteiger partial charge in [0.2, 0.25) is 4.96 Å². The third-order valence-corrected chi connectivity index (χ3v) is 5.37. The molecule has 2 heterocycles. The molecule has 146 valence electrons. The van der Waals surface area contributed by atoms with Gasteiger partial charge >= 0.3 is 0 Å². The first-order chi connectivity index (χ1) is 14.1. The highest BCUT2D eigenvalue weighted by molar-refractivity contribution is 7.15. The fourth-order valence-corrected chi connectivity index (χ4v) is 3.81. The predicted molar refractivity (Wildman–Crippen MR) is 111 cm³/mol. The highest BCUT2D eigenvalue weighted by atomic mass is 32.1. The SMILES string of the molecule is COc1ccc(Cc2nn3c(=O)/c(=C/c4ccccc4OC)sc3nc2=O)cc1. The molecule has 4 aromatic rings. The lowest BCUT2D eigenvalue weighted by molar-refractivity contribution is 0.414. The normalized spacial score (nSPS) is 11.7. The van der Waals surface area contributed by atoms with Crippen LogP contribution in [0.1, 0.15) is 16.8 Å². The Morgan fingerprint density at radius 2 is 1.79 bits per heavy atom. The highest BCUT2D eigenvalue weighted by Gasteiger charge is 2.12. The Hall–Kier alpha value is -3.52. The van der Waals surface area contributed by atoms with E-state index in [-0.39, 0.29) is 22.6 Å². The van der Waals surface area contributed by atoms with Crippen LogP contribution in [0.25, 0.3) is 11.0 Å². The van der Waals surface area contributed by atoms with Crippen LogP contribution < -0.4 is 25.1 Å². The number of thiazole rings is 1. The Labute approximate surface area is 169 Å². The molecule has 0 spiro atoms. The van der Waals surface area contributed by atoms with E-state index in [1.54, 1.807) is 20.3 Å². The maximum absolute atomic E-state index is 12.8. The minimum Gasteiger partial charge on any atom is -0.497 e. The third-order valence-electron chi connectivity index (χ3n) is 4.41. The lowest BCUT2D eigenvalue weighted by atomic mass is 10.1. The first-order valence-electron chi connectivity index (χ1n) is 8.79. The van der Waals surface area contributed by atoms with Crippen LogP contribution in [-0.2, 0) is 6.42 Å². The van der Waals surface area contributed by atoms with Crippen LogP contribution in [0.2, 0.25) is 0 Å². The number of hydrogen-bond donors (Lipinski definition) is 0. The molecule has 0 fully saturated rings. The Balaban J connectivity index is 1.78. The molecule has 7 nitrogen and oxygen atoms in total. The number of aromatic nitrogens is 3. The van der Waals surface area contributed by atoms with Crippen LogP contribution >= 0.6 is 11.3 Å². The van der Waals surface area contributed by atoms with Crippen LogP contribution in [-0.4, -0.2) is 28.8 Å². The van der Waals surface area contributed by atoms with Gasteiger partial charge in [0.05, 0.1) is 18.8 Å². The van der Waals surface area contributed by atoms with Gasteiger partial charge in [-0.2, -0.15) is 14.6 Å². The van der Waals surface area contributed by atoms with Gasteiger partial charge in [-0.1, -0.05) is 41.7 Å². The van der Waals surface area contributed by atoms with E-state index in [1.807, 2.05) is 48.5 Å². The van der Waals surface area contributed by atoms with Gasteiger partial charge in [0, 0.05) is 12.0 Å². The molecule has 0 amide bonds. The van der Waals surface area contributed by atoms with E-state index in [0.717, 1.165) is 28.2 Å². The molecule has 0 saturated heterocycles. The van der Waals surface area contributed by atoms with Crippen molar-refractivity contribution in [1.29, 1.82) is 0 Å². The smallest absolute Gasteiger partial charge is 0.296 e. The average Bonchev–Trinajstić information content (AvgIpc) is 3.03. The summed E-state index contributed by atoms with van der Waals surface area (Å²) in [6.45, 7) is 0. The quantitative estimate of drug-likeness (QED) is 0.501. The summed E-state index contributed by atoms with van der Waals surface area (Å²) in [5, 5.41) is 4.27. The monoisotopic (exact) mass is 407 g/mol. The van der Waals surface area contributed by atoms with Gasteiger partial charge in [-0.05, 0) is 29.8 Å². The van der Waals surface area contributed by atoms with Crippen molar-refractivity contribution in [1.82, 2.24) is 14.6 Å². The number of hydrogen-bond acceptors (Lipinski definition) is 7. The molecule has 4 rings (SSSR count). The molecule has 2 aromatic carbocycles. The molecule has 0 aliphatic carbocycles. The van der Waals surface area contributed by atoms with Crippen molar-refractivity contribution in [2.75, 3.05) is 14.2 Å². The highest BCUT2D eigenvalue weighted by Crippen LogP contribution is 2.18. The van der Waals surface area contributed by atoms with E-state index in [1.165, 1.54) is 4.52 Å². The van der Waals surface area contributed by atoms with Crippen LogP contribution in [0.3, 0.4) is 0 Å². The van der Waals surface area contributed by atoms with Crippen molar-refractivity contribution in [3.05, 3.63) is 90.6 Å².